The molecule has 28 heavy (non-hydrogen) atoms. The van der Waals surface area contributed by atoms with Crippen LogP contribution in [0.2, 0.25) is 0 Å². The van der Waals surface area contributed by atoms with Crippen molar-refractivity contribution in [2.75, 3.05) is 14.2 Å². The Hall–Kier alpha value is -3.02. The second kappa shape index (κ2) is 6.55. The van der Waals surface area contributed by atoms with E-state index in [0.29, 0.717) is 35.0 Å². The molecule has 0 saturated heterocycles. The minimum atomic E-state index is -0.622. The molecule has 0 spiro atoms. The van der Waals surface area contributed by atoms with Crippen LogP contribution in [0.1, 0.15) is 54.1 Å². The SMILES string of the molecule is COc1ccc(C2CC(=O)Oc3ccc4c(c32)OC(C)(C)CC4=O)cc1OC. The van der Waals surface area contributed by atoms with E-state index in [1.807, 2.05) is 26.0 Å². The van der Waals surface area contributed by atoms with Gasteiger partial charge in [-0.25, -0.2) is 0 Å². The maximum atomic E-state index is 12.7. The van der Waals surface area contributed by atoms with Crippen LogP contribution < -0.4 is 18.9 Å². The Morgan fingerprint density at radius 1 is 1.04 bits per heavy atom. The van der Waals surface area contributed by atoms with Crippen molar-refractivity contribution >= 4 is 11.8 Å². The topological polar surface area (TPSA) is 71.1 Å². The van der Waals surface area contributed by atoms with Crippen molar-refractivity contribution < 1.29 is 28.5 Å². The number of carbonyl (C=O) groups is 2. The number of benzene rings is 2. The van der Waals surface area contributed by atoms with E-state index in [1.165, 1.54) is 0 Å². The Labute approximate surface area is 163 Å². The first-order valence-electron chi connectivity index (χ1n) is 9.14. The van der Waals surface area contributed by atoms with Crippen molar-refractivity contribution in [2.24, 2.45) is 0 Å². The molecule has 146 valence electrons. The van der Waals surface area contributed by atoms with Gasteiger partial charge in [0.2, 0.25) is 0 Å². The van der Waals surface area contributed by atoms with E-state index in [9.17, 15) is 9.59 Å². The summed E-state index contributed by atoms with van der Waals surface area (Å²) in [4.78, 5) is 24.9. The Balaban J connectivity index is 1.90. The van der Waals surface area contributed by atoms with Crippen molar-refractivity contribution in [2.45, 2.75) is 38.2 Å². The third kappa shape index (κ3) is 2.99. The lowest BCUT2D eigenvalue weighted by Gasteiger charge is -2.36. The molecule has 2 aliphatic heterocycles. The van der Waals surface area contributed by atoms with Crippen LogP contribution >= 0.6 is 0 Å². The van der Waals surface area contributed by atoms with Crippen LogP contribution in [0.4, 0.5) is 0 Å². The van der Waals surface area contributed by atoms with Gasteiger partial charge >= 0.3 is 5.97 Å². The van der Waals surface area contributed by atoms with Crippen LogP contribution in [0.3, 0.4) is 0 Å². The van der Waals surface area contributed by atoms with Crippen LogP contribution in [0, 0.1) is 0 Å². The van der Waals surface area contributed by atoms with Crippen molar-refractivity contribution in [3.05, 3.63) is 47.0 Å². The zero-order valence-corrected chi connectivity index (χ0v) is 16.3. The summed E-state index contributed by atoms with van der Waals surface area (Å²) in [6, 6.07) is 8.90. The van der Waals surface area contributed by atoms with E-state index >= 15 is 0 Å². The third-order valence-corrected chi connectivity index (χ3v) is 5.17. The lowest BCUT2D eigenvalue weighted by Crippen LogP contribution is -2.37. The summed E-state index contributed by atoms with van der Waals surface area (Å²) in [6.07, 6.45) is 0.455. The van der Waals surface area contributed by atoms with Gasteiger partial charge in [-0.2, -0.15) is 0 Å². The molecular weight excluding hydrogens is 360 g/mol. The zero-order valence-electron chi connectivity index (χ0n) is 16.3. The number of ether oxygens (including phenoxy) is 4. The molecule has 0 radical (unpaired) electrons. The van der Waals surface area contributed by atoms with Crippen molar-refractivity contribution in [1.82, 2.24) is 0 Å². The molecule has 2 aromatic rings. The molecule has 0 amide bonds. The highest BCUT2D eigenvalue weighted by Crippen LogP contribution is 2.49. The van der Waals surface area contributed by atoms with E-state index in [2.05, 4.69) is 0 Å². The summed E-state index contributed by atoms with van der Waals surface area (Å²) in [7, 11) is 3.14. The molecule has 1 unspecified atom stereocenters. The maximum absolute atomic E-state index is 12.7. The summed E-state index contributed by atoms with van der Waals surface area (Å²) < 4.78 is 22.4. The van der Waals surface area contributed by atoms with Gasteiger partial charge < -0.3 is 18.9 Å². The highest BCUT2D eigenvalue weighted by molar-refractivity contribution is 6.01. The molecule has 6 heteroatoms. The van der Waals surface area contributed by atoms with Gasteiger partial charge in [0.1, 0.15) is 17.1 Å². The largest absolute Gasteiger partial charge is 0.493 e. The number of ketones is 1. The minimum Gasteiger partial charge on any atom is -0.493 e. The summed E-state index contributed by atoms with van der Waals surface area (Å²) in [5.74, 6) is 1.50. The van der Waals surface area contributed by atoms with E-state index in [-0.39, 0.29) is 24.1 Å². The van der Waals surface area contributed by atoms with Crippen LogP contribution in [0.15, 0.2) is 30.3 Å². The molecule has 0 saturated carbocycles. The second-order valence-corrected chi connectivity index (χ2v) is 7.66. The summed E-state index contributed by atoms with van der Waals surface area (Å²) >= 11 is 0. The Kier molecular flexibility index (Phi) is 4.29. The van der Waals surface area contributed by atoms with Crippen molar-refractivity contribution in [3.63, 3.8) is 0 Å². The van der Waals surface area contributed by atoms with Crippen LogP contribution in [0.25, 0.3) is 0 Å². The first-order valence-corrected chi connectivity index (χ1v) is 9.14. The van der Waals surface area contributed by atoms with Crippen LogP contribution in [-0.2, 0) is 4.79 Å². The number of hydrogen-bond acceptors (Lipinski definition) is 6. The molecule has 2 aliphatic rings. The highest BCUT2D eigenvalue weighted by atomic mass is 16.5. The summed E-state index contributed by atoms with van der Waals surface area (Å²) in [6.45, 7) is 3.76. The monoisotopic (exact) mass is 382 g/mol. The Bertz CT molecular complexity index is 975. The molecule has 0 aromatic heterocycles. The number of carbonyl (C=O) groups excluding carboxylic acids is 2. The van der Waals surface area contributed by atoms with E-state index in [4.69, 9.17) is 18.9 Å². The van der Waals surface area contributed by atoms with Gasteiger partial charge in [-0.1, -0.05) is 6.07 Å². The van der Waals surface area contributed by atoms with E-state index < -0.39 is 5.60 Å². The second-order valence-electron chi connectivity index (χ2n) is 7.66. The van der Waals surface area contributed by atoms with Gasteiger partial charge in [0, 0.05) is 11.5 Å². The fourth-order valence-corrected chi connectivity index (χ4v) is 3.91. The lowest BCUT2D eigenvalue weighted by atomic mass is 9.82. The third-order valence-electron chi connectivity index (χ3n) is 5.17. The molecule has 0 N–H and O–H groups in total. The molecule has 2 heterocycles. The quantitative estimate of drug-likeness (QED) is 0.592. The lowest BCUT2D eigenvalue weighted by molar-refractivity contribution is -0.135. The molecule has 6 nitrogen and oxygen atoms in total. The highest BCUT2D eigenvalue weighted by Gasteiger charge is 2.40. The van der Waals surface area contributed by atoms with E-state index in [0.717, 1.165) is 11.1 Å². The van der Waals surface area contributed by atoms with Gasteiger partial charge in [-0.3, -0.25) is 9.59 Å². The predicted octanol–water partition coefficient (Wildman–Crippen LogP) is 3.89. The first kappa shape index (κ1) is 18.3. The van der Waals surface area contributed by atoms with E-state index in [1.54, 1.807) is 32.4 Å². The number of fused-ring (bicyclic) bond motifs is 3. The molecule has 0 aliphatic carbocycles. The first-order chi connectivity index (χ1) is 13.3. The average Bonchev–Trinajstić information content (AvgIpc) is 2.65. The van der Waals surface area contributed by atoms with Gasteiger partial charge in [0.15, 0.2) is 17.3 Å². The molecule has 0 bridgehead atoms. The number of hydrogen-bond donors (Lipinski definition) is 0. The van der Waals surface area contributed by atoms with Crippen molar-refractivity contribution in [1.29, 1.82) is 0 Å². The Morgan fingerprint density at radius 3 is 2.50 bits per heavy atom. The molecule has 4 rings (SSSR count). The number of esters is 1. The standard InChI is InChI=1S/C22H22O6/c1-22(2)11-15(23)13-6-8-17-20(21(13)28-22)14(10-19(24)27-17)12-5-7-16(25-3)18(9-12)26-4/h5-9,14H,10-11H2,1-4H3. The smallest absolute Gasteiger partial charge is 0.312 e. The number of rotatable bonds is 3. The minimum absolute atomic E-state index is 0.0250. The summed E-state index contributed by atoms with van der Waals surface area (Å²) in [5.41, 5.74) is 1.50. The molecule has 2 aromatic carbocycles. The van der Waals surface area contributed by atoms with Gasteiger partial charge in [0.05, 0.1) is 32.6 Å². The van der Waals surface area contributed by atoms with Crippen LogP contribution in [0.5, 0.6) is 23.0 Å². The normalized spacial score (nSPS) is 19.8. The maximum Gasteiger partial charge on any atom is 0.312 e. The fraction of sp³-hybridized carbons (Fsp3) is 0.364. The molecule has 1 atom stereocenters. The van der Waals surface area contributed by atoms with Gasteiger partial charge in [-0.15, -0.1) is 0 Å². The number of methoxy groups -OCH3 is 2. The van der Waals surface area contributed by atoms with Crippen molar-refractivity contribution in [3.8, 4) is 23.0 Å². The van der Waals surface area contributed by atoms with Gasteiger partial charge in [0.25, 0.3) is 0 Å². The predicted molar refractivity (Wildman–Crippen MR) is 102 cm³/mol. The number of Topliss-reactive ketones (excluding diaryl/α,β-unsaturated/α-hetero) is 1. The zero-order chi connectivity index (χ0) is 20.1. The molecule has 0 fully saturated rings. The van der Waals surface area contributed by atoms with Crippen LogP contribution in [-0.4, -0.2) is 31.6 Å². The van der Waals surface area contributed by atoms with Gasteiger partial charge in [-0.05, 0) is 43.7 Å². The average molecular weight is 382 g/mol. The Morgan fingerprint density at radius 2 is 1.79 bits per heavy atom. The summed E-state index contributed by atoms with van der Waals surface area (Å²) in [5, 5.41) is 0. The fourth-order valence-electron chi connectivity index (χ4n) is 3.91. The molecular formula is C22H22O6.